The number of benzene rings is 1. The van der Waals surface area contributed by atoms with Crippen LogP contribution in [0.15, 0.2) is 12.1 Å². The van der Waals surface area contributed by atoms with Crippen molar-refractivity contribution in [3.63, 3.8) is 0 Å². The SMILES string of the molecule is CSCCCNC(=O)c1cc(N)c(C)cc1C. The molecule has 0 aliphatic rings. The molecule has 1 amide bonds. The number of rotatable bonds is 5. The fourth-order valence-electron chi connectivity index (χ4n) is 1.63. The summed E-state index contributed by atoms with van der Waals surface area (Å²) in [6.45, 7) is 4.60. The molecule has 3 N–H and O–H groups in total. The Morgan fingerprint density at radius 1 is 1.35 bits per heavy atom. The zero-order valence-electron chi connectivity index (χ0n) is 10.7. The van der Waals surface area contributed by atoms with Gasteiger partial charge >= 0.3 is 0 Å². The quantitative estimate of drug-likeness (QED) is 0.625. The first-order valence-electron chi connectivity index (χ1n) is 5.70. The molecular weight excluding hydrogens is 232 g/mol. The lowest BCUT2D eigenvalue weighted by molar-refractivity contribution is 0.0953. The first-order chi connectivity index (χ1) is 8.06. The van der Waals surface area contributed by atoms with Crippen LogP contribution in [0.3, 0.4) is 0 Å². The standard InChI is InChI=1S/C13H20N2OS/c1-9-7-10(2)12(14)8-11(9)13(16)15-5-4-6-17-3/h7-8H,4-6,14H2,1-3H3,(H,15,16). The number of anilines is 1. The van der Waals surface area contributed by atoms with Crippen LogP contribution in [-0.2, 0) is 0 Å². The summed E-state index contributed by atoms with van der Waals surface area (Å²) in [6, 6.07) is 3.71. The maximum atomic E-state index is 11.9. The highest BCUT2D eigenvalue weighted by Crippen LogP contribution is 2.17. The second-order valence-electron chi connectivity index (χ2n) is 4.13. The van der Waals surface area contributed by atoms with Crippen molar-refractivity contribution in [2.75, 3.05) is 24.3 Å². The van der Waals surface area contributed by atoms with Gasteiger partial charge in [-0.3, -0.25) is 4.79 Å². The fraction of sp³-hybridized carbons (Fsp3) is 0.462. The van der Waals surface area contributed by atoms with Crippen molar-refractivity contribution < 1.29 is 4.79 Å². The largest absolute Gasteiger partial charge is 0.398 e. The van der Waals surface area contributed by atoms with Crippen molar-refractivity contribution in [2.45, 2.75) is 20.3 Å². The Morgan fingerprint density at radius 3 is 2.71 bits per heavy atom. The highest BCUT2D eigenvalue weighted by molar-refractivity contribution is 7.98. The van der Waals surface area contributed by atoms with Gasteiger partial charge < -0.3 is 11.1 Å². The van der Waals surface area contributed by atoms with Crippen molar-refractivity contribution >= 4 is 23.4 Å². The first-order valence-corrected chi connectivity index (χ1v) is 7.09. The van der Waals surface area contributed by atoms with Crippen LogP contribution in [0.25, 0.3) is 0 Å². The van der Waals surface area contributed by atoms with E-state index < -0.39 is 0 Å². The summed E-state index contributed by atoms with van der Waals surface area (Å²) in [6.07, 6.45) is 3.06. The van der Waals surface area contributed by atoms with E-state index in [9.17, 15) is 4.79 Å². The topological polar surface area (TPSA) is 55.1 Å². The molecule has 0 aliphatic heterocycles. The second kappa shape index (κ2) is 6.55. The number of carbonyl (C=O) groups excluding carboxylic acids is 1. The smallest absolute Gasteiger partial charge is 0.251 e. The third-order valence-corrected chi connectivity index (χ3v) is 3.37. The number of hydrogen-bond acceptors (Lipinski definition) is 3. The van der Waals surface area contributed by atoms with Gasteiger partial charge in [0.2, 0.25) is 0 Å². The zero-order valence-corrected chi connectivity index (χ0v) is 11.5. The van der Waals surface area contributed by atoms with E-state index in [1.807, 2.05) is 19.9 Å². The molecule has 0 spiro atoms. The van der Waals surface area contributed by atoms with Crippen LogP contribution in [0.5, 0.6) is 0 Å². The maximum absolute atomic E-state index is 11.9. The summed E-state index contributed by atoms with van der Waals surface area (Å²) in [5.41, 5.74) is 9.16. The summed E-state index contributed by atoms with van der Waals surface area (Å²) in [5, 5.41) is 2.91. The number of nitrogen functional groups attached to an aromatic ring is 1. The number of nitrogens with two attached hydrogens (primary N) is 1. The minimum absolute atomic E-state index is 0.0321. The van der Waals surface area contributed by atoms with Crippen LogP contribution in [-0.4, -0.2) is 24.5 Å². The van der Waals surface area contributed by atoms with Gasteiger partial charge in [0.05, 0.1) is 0 Å². The third kappa shape index (κ3) is 3.97. The normalized spacial score (nSPS) is 10.3. The van der Waals surface area contributed by atoms with Gasteiger partial charge in [0.15, 0.2) is 0 Å². The van der Waals surface area contributed by atoms with Gasteiger partial charge in [-0.1, -0.05) is 6.07 Å². The third-order valence-electron chi connectivity index (χ3n) is 2.67. The van der Waals surface area contributed by atoms with Crippen LogP contribution >= 0.6 is 11.8 Å². The Bertz CT molecular complexity index is 405. The van der Waals surface area contributed by atoms with Gasteiger partial charge in [0.25, 0.3) is 5.91 Å². The van der Waals surface area contributed by atoms with Crippen molar-refractivity contribution in [2.24, 2.45) is 0 Å². The minimum Gasteiger partial charge on any atom is -0.398 e. The molecule has 0 atom stereocenters. The van der Waals surface area contributed by atoms with Crippen molar-refractivity contribution in [3.8, 4) is 0 Å². The van der Waals surface area contributed by atoms with Gasteiger partial charge in [-0.15, -0.1) is 0 Å². The molecule has 3 nitrogen and oxygen atoms in total. The highest BCUT2D eigenvalue weighted by atomic mass is 32.2. The summed E-state index contributed by atoms with van der Waals surface area (Å²) < 4.78 is 0. The Morgan fingerprint density at radius 2 is 2.06 bits per heavy atom. The van der Waals surface area contributed by atoms with E-state index in [1.165, 1.54) is 0 Å². The molecule has 0 fully saturated rings. The molecule has 0 unspecified atom stereocenters. The van der Waals surface area contributed by atoms with Gasteiger partial charge in [0, 0.05) is 17.8 Å². The molecular formula is C13H20N2OS. The number of carbonyl (C=O) groups is 1. The summed E-state index contributed by atoms with van der Waals surface area (Å²) >= 11 is 1.79. The van der Waals surface area contributed by atoms with Crippen LogP contribution in [0, 0.1) is 13.8 Å². The number of nitrogens with one attached hydrogen (secondary N) is 1. The summed E-state index contributed by atoms with van der Waals surface area (Å²) in [7, 11) is 0. The summed E-state index contributed by atoms with van der Waals surface area (Å²) in [4.78, 5) is 11.9. The van der Waals surface area contributed by atoms with Gasteiger partial charge in [-0.2, -0.15) is 11.8 Å². The van der Waals surface area contributed by atoms with E-state index in [0.717, 1.165) is 23.3 Å². The fourth-order valence-corrected chi connectivity index (χ4v) is 2.06. The number of hydrogen-bond donors (Lipinski definition) is 2. The van der Waals surface area contributed by atoms with Crippen LogP contribution in [0.1, 0.15) is 27.9 Å². The van der Waals surface area contributed by atoms with Crippen molar-refractivity contribution in [1.29, 1.82) is 0 Å². The average molecular weight is 252 g/mol. The molecule has 17 heavy (non-hydrogen) atoms. The van der Waals surface area contributed by atoms with Gasteiger partial charge in [0.1, 0.15) is 0 Å². The molecule has 0 heterocycles. The molecule has 0 saturated heterocycles. The van der Waals surface area contributed by atoms with Crippen molar-refractivity contribution in [1.82, 2.24) is 5.32 Å². The Kier molecular flexibility index (Phi) is 5.35. The molecule has 4 heteroatoms. The molecule has 0 aliphatic carbocycles. The van der Waals surface area contributed by atoms with Gasteiger partial charge in [-0.25, -0.2) is 0 Å². The van der Waals surface area contributed by atoms with Crippen LogP contribution < -0.4 is 11.1 Å². The number of aryl methyl sites for hydroxylation is 2. The lowest BCUT2D eigenvalue weighted by atomic mass is 10.0. The molecule has 0 radical (unpaired) electrons. The lowest BCUT2D eigenvalue weighted by Gasteiger charge is -2.10. The predicted octanol–water partition coefficient (Wildman–Crippen LogP) is 2.37. The van der Waals surface area contributed by atoms with E-state index in [1.54, 1.807) is 17.8 Å². The minimum atomic E-state index is -0.0321. The van der Waals surface area contributed by atoms with E-state index in [2.05, 4.69) is 11.6 Å². The number of thioether (sulfide) groups is 1. The number of amides is 1. The molecule has 94 valence electrons. The van der Waals surface area contributed by atoms with Crippen LogP contribution in [0.2, 0.25) is 0 Å². The summed E-state index contributed by atoms with van der Waals surface area (Å²) in [5.74, 6) is 1.03. The Labute approximate surface area is 107 Å². The Hall–Kier alpha value is -1.16. The average Bonchev–Trinajstić information content (AvgIpc) is 2.29. The molecule has 1 rings (SSSR count). The molecule has 1 aromatic carbocycles. The maximum Gasteiger partial charge on any atom is 0.251 e. The molecule has 1 aromatic rings. The highest BCUT2D eigenvalue weighted by Gasteiger charge is 2.10. The van der Waals surface area contributed by atoms with Gasteiger partial charge in [-0.05, 0) is 49.5 Å². The van der Waals surface area contributed by atoms with E-state index in [-0.39, 0.29) is 5.91 Å². The molecule has 0 bridgehead atoms. The first kappa shape index (κ1) is 13.9. The lowest BCUT2D eigenvalue weighted by Crippen LogP contribution is -2.25. The van der Waals surface area contributed by atoms with E-state index in [0.29, 0.717) is 17.8 Å². The predicted molar refractivity (Wildman–Crippen MR) is 75.7 cm³/mol. The molecule has 0 saturated carbocycles. The zero-order chi connectivity index (χ0) is 12.8. The van der Waals surface area contributed by atoms with Crippen molar-refractivity contribution in [3.05, 3.63) is 28.8 Å². The van der Waals surface area contributed by atoms with E-state index in [4.69, 9.17) is 5.73 Å². The van der Waals surface area contributed by atoms with Crippen LogP contribution in [0.4, 0.5) is 5.69 Å². The van der Waals surface area contributed by atoms with E-state index >= 15 is 0 Å². The second-order valence-corrected chi connectivity index (χ2v) is 5.11. The Balaban J connectivity index is 2.66. The molecule has 0 aromatic heterocycles. The monoisotopic (exact) mass is 252 g/mol.